The lowest BCUT2D eigenvalue weighted by atomic mass is 9.92. The Morgan fingerprint density at radius 3 is 2.58 bits per heavy atom. The largest absolute Gasteiger partial charge is 0.478 e. The summed E-state index contributed by atoms with van der Waals surface area (Å²) in [4.78, 5) is 15.2. The minimum atomic E-state index is -0.947. The minimum Gasteiger partial charge on any atom is -0.478 e. The van der Waals surface area contributed by atoms with E-state index < -0.39 is 5.97 Å². The summed E-state index contributed by atoms with van der Waals surface area (Å²) in [5.74, 6) is -0.535. The van der Waals surface area contributed by atoms with E-state index in [4.69, 9.17) is 0 Å². The molecular weight excluding hydrogens is 238 g/mol. The number of aromatic nitrogens is 1. The van der Waals surface area contributed by atoms with Crippen LogP contribution in [0.25, 0.3) is 11.1 Å². The van der Waals surface area contributed by atoms with Gasteiger partial charge in [-0.3, -0.25) is 4.98 Å². The summed E-state index contributed by atoms with van der Waals surface area (Å²) in [5.41, 5.74) is 4.20. The first-order chi connectivity index (χ1) is 9.00. The third-order valence-electron chi connectivity index (χ3n) is 3.27. The number of hydrogen-bond acceptors (Lipinski definition) is 2. The van der Waals surface area contributed by atoms with Crippen LogP contribution in [0.1, 0.15) is 41.3 Å². The van der Waals surface area contributed by atoms with Crippen molar-refractivity contribution in [2.75, 3.05) is 0 Å². The van der Waals surface area contributed by atoms with E-state index in [1.165, 1.54) is 11.8 Å². The highest BCUT2D eigenvalue weighted by Crippen LogP contribution is 2.29. The molecule has 0 aliphatic heterocycles. The molecule has 0 bridgehead atoms. The average Bonchev–Trinajstić information content (AvgIpc) is 2.39. The molecule has 0 atom stereocenters. The molecule has 1 heterocycles. The summed E-state index contributed by atoms with van der Waals surface area (Å²) in [7, 11) is 0. The van der Waals surface area contributed by atoms with Gasteiger partial charge in [-0.05, 0) is 41.2 Å². The van der Waals surface area contributed by atoms with E-state index in [0.717, 1.165) is 16.7 Å². The fourth-order valence-electron chi connectivity index (χ4n) is 2.09. The molecule has 3 nitrogen and oxygen atoms in total. The monoisotopic (exact) mass is 255 g/mol. The molecule has 1 aromatic carbocycles. The number of aromatic carboxylic acids is 1. The fraction of sp³-hybridized carbons (Fsp3) is 0.250. The lowest BCUT2D eigenvalue weighted by Gasteiger charge is -2.13. The van der Waals surface area contributed by atoms with Gasteiger partial charge >= 0.3 is 5.97 Å². The second kappa shape index (κ2) is 5.22. The molecule has 0 fully saturated rings. The highest BCUT2D eigenvalue weighted by Gasteiger charge is 2.14. The molecular formula is C16H17NO2. The molecule has 0 unspecified atom stereocenters. The predicted molar refractivity (Wildman–Crippen MR) is 75.5 cm³/mol. The van der Waals surface area contributed by atoms with Crippen molar-refractivity contribution in [1.82, 2.24) is 4.98 Å². The number of carboxylic acids is 1. The normalized spacial score (nSPS) is 10.7. The van der Waals surface area contributed by atoms with Crippen molar-refractivity contribution in [2.24, 2.45) is 0 Å². The maximum absolute atomic E-state index is 11.3. The Hall–Kier alpha value is -2.16. The first-order valence-corrected chi connectivity index (χ1v) is 6.29. The maximum atomic E-state index is 11.3. The quantitative estimate of drug-likeness (QED) is 0.905. The summed E-state index contributed by atoms with van der Waals surface area (Å²) in [5, 5.41) is 9.26. The van der Waals surface area contributed by atoms with Crippen molar-refractivity contribution in [3.05, 3.63) is 53.3 Å². The Kier molecular flexibility index (Phi) is 3.65. The van der Waals surface area contributed by atoms with E-state index in [1.54, 1.807) is 12.3 Å². The number of hydrogen-bond donors (Lipinski definition) is 1. The van der Waals surface area contributed by atoms with Crippen LogP contribution in [-0.2, 0) is 0 Å². The van der Waals surface area contributed by atoms with Crippen molar-refractivity contribution in [3.8, 4) is 11.1 Å². The van der Waals surface area contributed by atoms with Gasteiger partial charge in [0.1, 0.15) is 0 Å². The molecule has 2 rings (SSSR count). The Morgan fingerprint density at radius 2 is 1.95 bits per heavy atom. The summed E-state index contributed by atoms with van der Waals surface area (Å²) >= 11 is 0. The van der Waals surface area contributed by atoms with Crippen LogP contribution in [0.3, 0.4) is 0 Å². The molecule has 0 aliphatic carbocycles. The van der Waals surface area contributed by atoms with Crippen molar-refractivity contribution < 1.29 is 9.90 Å². The van der Waals surface area contributed by atoms with E-state index in [2.05, 4.69) is 31.0 Å². The van der Waals surface area contributed by atoms with Gasteiger partial charge in [0.15, 0.2) is 0 Å². The maximum Gasteiger partial charge on any atom is 0.337 e. The smallest absolute Gasteiger partial charge is 0.337 e. The molecule has 0 spiro atoms. The fourth-order valence-corrected chi connectivity index (χ4v) is 2.09. The Morgan fingerprint density at radius 1 is 1.21 bits per heavy atom. The summed E-state index contributed by atoms with van der Waals surface area (Å²) in [6.07, 6.45) is 3.03. The molecule has 0 saturated carbocycles. The van der Waals surface area contributed by atoms with Gasteiger partial charge in [0.25, 0.3) is 0 Å². The van der Waals surface area contributed by atoms with Gasteiger partial charge in [-0.2, -0.15) is 0 Å². The third-order valence-corrected chi connectivity index (χ3v) is 3.27. The second-order valence-electron chi connectivity index (χ2n) is 4.96. The number of pyridine rings is 1. The zero-order valence-corrected chi connectivity index (χ0v) is 11.3. The van der Waals surface area contributed by atoms with Gasteiger partial charge in [-0.1, -0.05) is 32.0 Å². The molecule has 0 amide bonds. The molecule has 0 radical (unpaired) electrons. The molecule has 98 valence electrons. The van der Waals surface area contributed by atoms with Crippen molar-refractivity contribution in [3.63, 3.8) is 0 Å². The van der Waals surface area contributed by atoms with E-state index >= 15 is 0 Å². The Bertz CT molecular complexity index is 618. The van der Waals surface area contributed by atoms with Gasteiger partial charge in [-0.25, -0.2) is 4.79 Å². The lowest BCUT2D eigenvalue weighted by molar-refractivity contribution is 0.0697. The minimum absolute atomic E-state index is 0.242. The highest BCUT2D eigenvalue weighted by atomic mass is 16.4. The van der Waals surface area contributed by atoms with E-state index in [0.29, 0.717) is 5.92 Å². The van der Waals surface area contributed by atoms with E-state index in [-0.39, 0.29) is 5.56 Å². The van der Waals surface area contributed by atoms with Gasteiger partial charge in [0.2, 0.25) is 0 Å². The first kappa shape index (κ1) is 13.3. The zero-order chi connectivity index (χ0) is 14.0. The number of carboxylic acid groups (broad SMARTS) is 1. The van der Waals surface area contributed by atoms with Crippen LogP contribution in [0.2, 0.25) is 0 Å². The van der Waals surface area contributed by atoms with Crippen molar-refractivity contribution in [1.29, 1.82) is 0 Å². The lowest BCUT2D eigenvalue weighted by Crippen LogP contribution is -2.01. The Balaban J connectivity index is 2.65. The topological polar surface area (TPSA) is 50.2 Å². The molecule has 3 heteroatoms. The molecule has 1 N–H and O–H groups in total. The molecule has 1 aromatic heterocycles. The molecule has 2 aromatic rings. The number of aryl methyl sites for hydroxylation is 1. The SMILES string of the molecule is Cc1ccc(C(C)C)cc1-c1ccncc1C(=O)O. The van der Waals surface area contributed by atoms with Gasteiger partial charge in [0.05, 0.1) is 5.56 Å². The Labute approximate surface area is 112 Å². The first-order valence-electron chi connectivity index (χ1n) is 6.29. The van der Waals surface area contributed by atoms with Crippen LogP contribution < -0.4 is 0 Å². The van der Waals surface area contributed by atoms with Crippen LogP contribution in [0.5, 0.6) is 0 Å². The van der Waals surface area contributed by atoms with Crippen LogP contribution in [-0.4, -0.2) is 16.1 Å². The van der Waals surface area contributed by atoms with Gasteiger partial charge in [-0.15, -0.1) is 0 Å². The van der Waals surface area contributed by atoms with E-state index in [9.17, 15) is 9.90 Å². The van der Waals surface area contributed by atoms with Crippen LogP contribution in [0, 0.1) is 6.92 Å². The van der Waals surface area contributed by atoms with Crippen LogP contribution in [0.4, 0.5) is 0 Å². The zero-order valence-electron chi connectivity index (χ0n) is 11.3. The predicted octanol–water partition coefficient (Wildman–Crippen LogP) is 3.88. The van der Waals surface area contributed by atoms with E-state index in [1.807, 2.05) is 13.0 Å². The number of nitrogens with zero attached hydrogens (tertiary/aromatic N) is 1. The summed E-state index contributed by atoms with van der Waals surface area (Å²) < 4.78 is 0. The van der Waals surface area contributed by atoms with Crippen molar-refractivity contribution >= 4 is 5.97 Å². The number of carbonyl (C=O) groups is 1. The standard InChI is InChI=1S/C16H17NO2/c1-10(2)12-5-4-11(3)14(8-12)13-6-7-17-9-15(13)16(18)19/h4-10H,1-3H3,(H,18,19). The molecule has 0 aliphatic rings. The molecule has 0 saturated heterocycles. The van der Waals surface area contributed by atoms with Gasteiger partial charge in [0, 0.05) is 12.4 Å². The summed E-state index contributed by atoms with van der Waals surface area (Å²) in [6, 6.07) is 7.96. The average molecular weight is 255 g/mol. The molecule has 19 heavy (non-hydrogen) atoms. The van der Waals surface area contributed by atoms with Crippen LogP contribution in [0.15, 0.2) is 36.7 Å². The van der Waals surface area contributed by atoms with Crippen molar-refractivity contribution in [2.45, 2.75) is 26.7 Å². The van der Waals surface area contributed by atoms with Gasteiger partial charge < -0.3 is 5.11 Å². The second-order valence-corrected chi connectivity index (χ2v) is 4.96. The number of rotatable bonds is 3. The third kappa shape index (κ3) is 2.65. The highest BCUT2D eigenvalue weighted by molar-refractivity contribution is 5.96. The number of benzene rings is 1. The summed E-state index contributed by atoms with van der Waals surface area (Å²) in [6.45, 7) is 6.24. The van der Waals surface area contributed by atoms with Crippen LogP contribution >= 0.6 is 0 Å².